The standard InChI is InChI=1S/C7H15N3OS/c8-7(10-11)1-3-9-6-2-4-12-5-6/h6,9,11H,1-5H2,(H2,8,10). The van der Waals surface area contributed by atoms with Gasteiger partial charge in [-0.25, -0.2) is 0 Å². The summed E-state index contributed by atoms with van der Waals surface area (Å²) < 4.78 is 0. The molecule has 1 heterocycles. The number of rotatable bonds is 4. The predicted molar refractivity (Wildman–Crippen MR) is 51.8 cm³/mol. The van der Waals surface area contributed by atoms with Crippen molar-refractivity contribution in [1.29, 1.82) is 0 Å². The summed E-state index contributed by atoms with van der Waals surface area (Å²) in [7, 11) is 0. The molecule has 1 unspecified atom stereocenters. The first-order chi connectivity index (χ1) is 5.83. The number of thioether (sulfide) groups is 1. The van der Waals surface area contributed by atoms with Crippen molar-refractivity contribution in [3.05, 3.63) is 0 Å². The lowest BCUT2D eigenvalue weighted by atomic mass is 10.2. The molecule has 0 radical (unpaired) electrons. The second-order valence-electron chi connectivity index (χ2n) is 2.86. The van der Waals surface area contributed by atoms with Crippen LogP contribution in [-0.2, 0) is 0 Å². The number of oxime groups is 1. The van der Waals surface area contributed by atoms with Crippen LogP contribution in [0.15, 0.2) is 5.16 Å². The van der Waals surface area contributed by atoms with Crippen molar-refractivity contribution in [3.63, 3.8) is 0 Å². The van der Waals surface area contributed by atoms with Crippen molar-refractivity contribution in [2.45, 2.75) is 18.9 Å². The summed E-state index contributed by atoms with van der Waals surface area (Å²) >= 11 is 1.97. The van der Waals surface area contributed by atoms with E-state index in [4.69, 9.17) is 10.9 Å². The van der Waals surface area contributed by atoms with Crippen molar-refractivity contribution in [1.82, 2.24) is 5.32 Å². The monoisotopic (exact) mass is 189 g/mol. The Morgan fingerprint density at radius 1 is 1.75 bits per heavy atom. The van der Waals surface area contributed by atoms with Gasteiger partial charge >= 0.3 is 0 Å². The van der Waals surface area contributed by atoms with Gasteiger partial charge in [0.15, 0.2) is 0 Å². The SMILES string of the molecule is NC(CCNC1CCSC1)=NO. The van der Waals surface area contributed by atoms with Crippen LogP contribution >= 0.6 is 11.8 Å². The highest BCUT2D eigenvalue weighted by Crippen LogP contribution is 2.16. The van der Waals surface area contributed by atoms with Crippen molar-refractivity contribution < 1.29 is 5.21 Å². The van der Waals surface area contributed by atoms with E-state index in [0.29, 0.717) is 18.3 Å². The van der Waals surface area contributed by atoms with Crippen LogP contribution in [-0.4, -0.2) is 35.1 Å². The molecule has 0 bridgehead atoms. The first kappa shape index (κ1) is 9.67. The smallest absolute Gasteiger partial charge is 0.140 e. The summed E-state index contributed by atoms with van der Waals surface area (Å²) in [5, 5.41) is 14.5. The molecule has 4 nitrogen and oxygen atoms in total. The van der Waals surface area contributed by atoms with E-state index in [1.54, 1.807) is 0 Å². The van der Waals surface area contributed by atoms with E-state index in [-0.39, 0.29) is 0 Å². The van der Waals surface area contributed by atoms with Crippen molar-refractivity contribution in [2.24, 2.45) is 10.9 Å². The van der Waals surface area contributed by atoms with E-state index in [0.717, 1.165) is 6.54 Å². The Morgan fingerprint density at radius 3 is 3.17 bits per heavy atom. The molecular formula is C7H15N3OS. The lowest BCUT2D eigenvalue weighted by molar-refractivity contribution is 0.316. The molecule has 1 saturated heterocycles. The van der Waals surface area contributed by atoms with E-state index >= 15 is 0 Å². The number of nitrogens with two attached hydrogens (primary N) is 1. The zero-order valence-electron chi connectivity index (χ0n) is 6.99. The minimum absolute atomic E-state index is 0.299. The zero-order valence-corrected chi connectivity index (χ0v) is 7.81. The number of nitrogens with zero attached hydrogens (tertiary/aromatic N) is 1. The van der Waals surface area contributed by atoms with Crippen LogP contribution in [0.3, 0.4) is 0 Å². The summed E-state index contributed by atoms with van der Waals surface area (Å²) in [5.41, 5.74) is 5.31. The molecule has 0 spiro atoms. The normalized spacial score (nSPS) is 24.7. The van der Waals surface area contributed by atoms with Crippen LogP contribution in [0.1, 0.15) is 12.8 Å². The Kier molecular flexibility index (Phi) is 4.24. The van der Waals surface area contributed by atoms with Gasteiger partial charge in [-0.05, 0) is 12.2 Å². The number of nitrogens with one attached hydrogen (secondary N) is 1. The van der Waals surface area contributed by atoms with E-state index < -0.39 is 0 Å². The molecule has 1 rings (SSSR count). The minimum atomic E-state index is 0.299. The van der Waals surface area contributed by atoms with Crippen molar-refractivity contribution in [3.8, 4) is 0 Å². The molecule has 0 amide bonds. The molecule has 1 atom stereocenters. The topological polar surface area (TPSA) is 70.6 Å². The highest BCUT2D eigenvalue weighted by atomic mass is 32.2. The number of hydrogen-bond donors (Lipinski definition) is 3. The summed E-state index contributed by atoms with van der Waals surface area (Å²) in [6.07, 6.45) is 1.86. The molecule has 0 aromatic rings. The summed E-state index contributed by atoms with van der Waals surface area (Å²) in [6.45, 7) is 0.807. The van der Waals surface area contributed by atoms with E-state index in [1.165, 1.54) is 17.9 Å². The molecule has 0 aliphatic carbocycles. The van der Waals surface area contributed by atoms with Crippen LogP contribution in [0.4, 0.5) is 0 Å². The van der Waals surface area contributed by atoms with Gasteiger partial charge in [0.2, 0.25) is 0 Å². The van der Waals surface area contributed by atoms with E-state index in [2.05, 4.69) is 10.5 Å². The Bertz CT molecular complexity index is 157. The average molecular weight is 189 g/mol. The Hall–Kier alpha value is -0.420. The molecule has 0 aromatic heterocycles. The number of hydrogen-bond acceptors (Lipinski definition) is 4. The Balaban J connectivity index is 2.01. The van der Waals surface area contributed by atoms with Gasteiger partial charge in [-0.2, -0.15) is 11.8 Å². The van der Waals surface area contributed by atoms with Gasteiger partial charge in [0, 0.05) is 24.8 Å². The summed E-state index contributed by atoms with van der Waals surface area (Å²) in [5.74, 6) is 2.74. The van der Waals surface area contributed by atoms with Gasteiger partial charge in [0.05, 0.1) is 0 Å². The molecule has 1 aliphatic rings. The maximum atomic E-state index is 8.26. The molecule has 0 saturated carbocycles. The lowest BCUT2D eigenvalue weighted by Crippen LogP contribution is -2.31. The Labute approximate surface area is 76.6 Å². The zero-order chi connectivity index (χ0) is 8.81. The van der Waals surface area contributed by atoms with Gasteiger partial charge in [0.25, 0.3) is 0 Å². The van der Waals surface area contributed by atoms with Gasteiger partial charge in [-0.15, -0.1) is 0 Å². The number of amidine groups is 1. The van der Waals surface area contributed by atoms with Gasteiger partial charge in [0.1, 0.15) is 5.84 Å². The van der Waals surface area contributed by atoms with Crippen LogP contribution in [0.2, 0.25) is 0 Å². The maximum Gasteiger partial charge on any atom is 0.140 e. The van der Waals surface area contributed by atoms with Gasteiger partial charge in [-0.3, -0.25) is 0 Å². The largest absolute Gasteiger partial charge is 0.409 e. The molecule has 0 aromatic carbocycles. The first-order valence-corrected chi connectivity index (χ1v) is 5.26. The lowest BCUT2D eigenvalue weighted by Gasteiger charge is -2.09. The third-order valence-electron chi connectivity index (χ3n) is 1.87. The van der Waals surface area contributed by atoms with Crippen LogP contribution in [0.5, 0.6) is 0 Å². The summed E-state index contributed by atoms with van der Waals surface area (Å²) in [4.78, 5) is 0. The predicted octanol–water partition coefficient (Wildman–Crippen LogP) is 0.218. The van der Waals surface area contributed by atoms with E-state index in [1.807, 2.05) is 11.8 Å². The quantitative estimate of drug-likeness (QED) is 0.256. The maximum absolute atomic E-state index is 8.26. The van der Waals surface area contributed by atoms with Gasteiger partial charge in [-0.1, -0.05) is 5.16 Å². The molecule has 4 N–H and O–H groups in total. The van der Waals surface area contributed by atoms with Crippen LogP contribution in [0.25, 0.3) is 0 Å². The molecule has 1 aliphatic heterocycles. The van der Waals surface area contributed by atoms with Gasteiger partial charge < -0.3 is 16.3 Å². The Morgan fingerprint density at radius 2 is 2.58 bits per heavy atom. The fourth-order valence-corrected chi connectivity index (χ4v) is 2.34. The second kappa shape index (κ2) is 5.27. The van der Waals surface area contributed by atoms with Crippen molar-refractivity contribution in [2.75, 3.05) is 18.1 Å². The molecule has 70 valence electrons. The molecule has 1 fully saturated rings. The third-order valence-corrected chi connectivity index (χ3v) is 3.03. The molecule has 5 heteroatoms. The fraction of sp³-hybridized carbons (Fsp3) is 0.857. The molecule has 12 heavy (non-hydrogen) atoms. The highest BCUT2D eigenvalue weighted by Gasteiger charge is 2.13. The summed E-state index contributed by atoms with van der Waals surface area (Å²) in [6, 6.07) is 0.626. The average Bonchev–Trinajstić information content (AvgIpc) is 2.57. The van der Waals surface area contributed by atoms with Crippen LogP contribution < -0.4 is 11.1 Å². The third kappa shape index (κ3) is 3.32. The fourth-order valence-electron chi connectivity index (χ4n) is 1.15. The highest BCUT2D eigenvalue weighted by molar-refractivity contribution is 7.99. The van der Waals surface area contributed by atoms with Crippen molar-refractivity contribution >= 4 is 17.6 Å². The minimum Gasteiger partial charge on any atom is -0.409 e. The second-order valence-corrected chi connectivity index (χ2v) is 4.01. The van der Waals surface area contributed by atoms with Crippen LogP contribution in [0, 0.1) is 0 Å². The first-order valence-electron chi connectivity index (χ1n) is 4.10. The molecular weight excluding hydrogens is 174 g/mol. The van der Waals surface area contributed by atoms with E-state index in [9.17, 15) is 0 Å².